The van der Waals surface area contributed by atoms with Gasteiger partial charge in [0.05, 0.1) is 12.8 Å². The Morgan fingerprint density at radius 3 is 2.60 bits per heavy atom. The number of rotatable bonds is 5. The van der Waals surface area contributed by atoms with E-state index in [0.29, 0.717) is 34.4 Å². The highest BCUT2D eigenvalue weighted by atomic mass is 35.5. The van der Waals surface area contributed by atoms with Crippen molar-refractivity contribution < 1.29 is 14.0 Å². The van der Waals surface area contributed by atoms with E-state index in [2.05, 4.69) is 10.4 Å². The summed E-state index contributed by atoms with van der Waals surface area (Å²) < 4.78 is 7.08. The van der Waals surface area contributed by atoms with Gasteiger partial charge in [-0.15, -0.1) is 0 Å². The molecule has 3 heterocycles. The molecule has 0 fully saturated rings. The zero-order valence-corrected chi connectivity index (χ0v) is 20.5. The topological polar surface area (TPSA) is 80.4 Å². The highest BCUT2D eigenvalue weighted by molar-refractivity contribution is 6.30. The quantitative estimate of drug-likeness (QED) is 0.421. The summed E-state index contributed by atoms with van der Waals surface area (Å²) in [5.41, 5.74) is 3.32. The molecule has 2 aromatic carbocycles. The minimum atomic E-state index is -1.22. The molecule has 0 saturated carbocycles. The maximum atomic E-state index is 13.9. The Labute approximate surface area is 208 Å². The second-order valence-electron chi connectivity index (χ2n) is 9.06. The Balaban J connectivity index is 1.55. The molecule has 0 radical (unpaired) electrons. The number of nitrogens with zero attached hydrogens (tertiary/aromatic N) is 3. The Kier molecular flexibility index (Phi) is 5.73. The van der Waals surface area contributed by atoms with Crippen LogP contribution >= 0.6 is 11.6 Å². The predicted molar refractivity (Wildman–Crippen MR) is 134 cm³/mol. The second-order valence-corrected chi connectivity index (χ2v) is 9.50. The van der Waals surface area contributed by atoms with E-state index in [1.54, 1.807) is 53.1 Å². The molecule has 5 rings (SSSR count). The first-order chi connectivity index (χ1) is 16.8. The summed E-state index contributed by atoms with van der Waals surface area (Å²) in [6, 6.07) is 18.4. The van der Waals surface area contributed by atoms with Crippen LogP contribution in [0.4, 0.5) is 5.69 Å². The lowest BCUT2D eigenvalue weighted by atomic mass is 9.92. The van der Waals surface area contributed by atoms with Crippen molar-refractivity contribution >= 4 is 29.1 Å². The Hall–Kier alpha value is -3.84. The number of furan rings is 1. The van der Waals surface area contributed by atoms with Crippen LogP contribution in [0.5, 0.6) is 0 Å². The highest BCUT2D eigenvalue weighted by Gasteiger charge is 2.49. The van der Waals surface area contributed by atoms with Crippen molar-refractivity contribution in [1.82, 2.24) is 15.1 Å². The molecule has 2 aromatic heterocycles. The number of nitrogens with one attached hydrogen (secondary N) is 1. The molecule has 0 unspecified atom stereocenters. The first kappa shape index (κ1) is 22.9. The average molecular weight is 489 g/mol. The lowest BCUT2D eigenvalue weighted by Gasteiger charge is -2.43. The summed E-state index contributed by atoms with van der Waals surface area (Å²) in [4.78, 5) is 29.2. The van der Waals surface area contributed by atoms with E-state index in [1.165, 1.54) is 0 Å². The van der Waals surface area contributed by atoms with Crippen LogP contribution in [-0.2, 0) is 17.9 Å². The number of carbonyl (C=O) groups is 2. The summed E-state index contributed by atoms with van der Waals surface area (Å²) in [6.07, 6.45) is 1.56. The number of anilines is 1. The monoisotopic (exact) mass is 488 g/mol. The molecular weight excluding hydrogens is 464 g/mol. The van der Waals surface area contributed by atoms with E-state index in [1.807, 2.05) is 44.2 Å². The molecule has 1 N–H and O–H groups in total. The van der Waals surface area contributed by atoms with Crippen LogP contribution in [-0.4, -0.2) is 27.1 Å². The van der Waals surface area contributed by atoms with Gasteiger partial charge in [0.25, 0.3) is 5.91 Å². The molecule has 8 heteroatoms. The number of halogens is 1. The van der Waals surface area contributed by atoms with Crippen LogP contribution < -0.4 is 10.2 Å². The van der Waals surface area contributed by atoms with Gasteiger partial charge in [-0.1, -0.05) is 41.4 Å². The zero-order valence-electron chi connectivity index (χ0n) is 19.7. The molecule has 35 heavy (non-hydrogen) atoms. The van der Waals surface area contributed by atoms with Gasteiger partial charge >= 0.3 is 0 Å². The van der Waals surface area contributed by atoms with Crippen LogP contribution in [0.15, 0.2) is 71.3 Å². The zero-order chi connectivity index (χ0) is 24.7. The fourth-order valence-corrected chi connectivity index (χ4v) is 4.66. The maximum Gasteiger partial charge on any atom is 0.277 e. The van der Waals surface area contributed by atoms with E-state index in [-0.39, 0.29) is 18.4 Å². The van der Waals surface area contributed by atoms with Crippen molar-refractivity contribution in [3.63, 3.8) is 0 Å². The molecule has 7 nitrogen and oxygen atoms in total. The smallest absolute Gasteiger partial charge is 0.277 e. The fourth-order valence-electron chi connectivity index (χ4n) is 4.54. The number of fused-ring (bicyclic) bond motifs is 1. The third-order valence-corrected chi connectivity index (χ3v) is 6.63. The third-order valence-electron chi connectivity index (χ3n) is 6.38. The third kappa shape index (κ3) is 4.12. The molecular formula is C27H25ClN4O3. The highest BCUT2D eigenvalue weighted by Crippen LogP contribution is 2.36. The summed E-state index contributed by atoms with van der Waals surface area (Å²) >= 11 is 5.99. The summed E-state index contributed by atoms with van der Waals surface area (Å²) in [5.74, 6) is -0.00853. The van der Waals surface area contributed by atoms with Gasteiger partial charge in [-0.05, 0) is 62.2 Å². The van der Waals surface area contributed by atoms with Crippen molar-refractivity contribution in [1.29, 1.82) is 0 Å². The van der Waals surface area contributed by atoms with Crippen LogP contribution in [0, 0.1) is 13.8 Å². The lowest BCUT2D eigenvalue weighted by Crippen LogP contribution is -2.64. The first-order valence-electron chi connectivity index (χ1n) is 11.3. The molecule has 0 spiro atoms. The molecule has 0 aliphatic carbocycles. The lowest BCUT2D eigenvalue weighted by molar-refractivity contribution is -0.126. The summed E-state index contributed by atoms with van der Waals surface area (Å²) in [5, 5.41) is 8.23. The number of hydrogen-bond donors (Lipinski definition) is 1. The van der Waals surface area contributed by atoms with Gasteiger partial charge in [-0.25, -0.2) is 0 Å². The van der Waals surface area contributed by atoms with Crippen LogP contribution in [0.25, 0.3) is 11.5 Å². The SMILES string of the molecule is Cc1ccc(N2C(=O)c3cc(-c4ccco4)nn3C[C@@]2(C)C(=O)NCc2ccc(Cl)cc2)c(C)c1. The van der Waals surface area contributed by atoms with E-state index in [0.717, 1.165) is 16.7 Å². The number of hydrogen-bond acceptors (Lipinski definition) is 4. The first-order valence-corrected chi connectivity index (χ1v) is 11.7. The van der Waals surface area contributed by atoms with Gasteiger partial charge in [0.1, 0.15) is 16.9 Å². The minimum absolute atomic E-state index is 0.189. The second kappa shape index (κ2) is 8.74. The molecule has 178 valence electrons. The molecule has 1 atom stereocenters. The van der Waals surface area contributed by atoms with Gasteiger partial charge in [-0.3, -0.25) is 19.2 Å². The van der Waals surface area contributed by atoms with Gasteiger partial charge in [0.15, 0.2) is 5.76 Å². The van der Waals surface area contributed by atoms with Crippen molar-refractivity contribution in [2.24, 2.45) is 0 Å². The van der Waals surface area contributed by atoms with E-state index >= 15 is 0 Å². The van der Waals surface area contributed by atoms with Crippen molar-refractivity contribution in [3.8, 4) is 11.5 Å². The standard InChI is InChI=1S/C27H25ClN4O3/c1-17-6-11-22(18(2)13-17)32-25(33)23-14-21(24-5-4-12-35-24)30-31(23)16-27(32,3)26(34)29-15-19-7-9-20(28)10-8-19/h4-14H,15-16H2,1-3H3,(H,29,34)/t27-/m0/s1. The summed E-state index contributed by atoms with van der Waals surface area (Å²) in [6.45, 7) is 6.22. The number of amides is 2. The maximum absolute atomic E-state index is 13.9. The molecule has 4 aromatic rings. The largest absolute Gasteiger partial charge is 0.463 e. The Morgan fingerprint density at radius 1 is 1.14 bits per heavy atom. The van der Waals surface area contributed by atoms with Crippen molar-refractivity contribution in [2.75, 3.05) is 4.90 Å². The number of carbonyl (C=O) groups excluding carboxylic acids is 2. The van der Waals surface area contributed by atoms with E-state index in [9.17, 15) is 9.59 Å². The van der Waals surface area contributed by atoms with Gasteiger partial charge < -0.3 is 9.73 Å². The van der Waals surface area contributed by atoms with Gasteiger partial charge in [0.2, 0.25) is 5.91 Å². The number of aryl methyl sites for hydroxylation is 2. The van der Waals surface area contributed by atoms with Crippen LogP contribution in [0.2, 0.25) is 5.02 Å². The normalized spacial score (nSPS) is 17.4. The molecule has 1 aliphatic heterocycles. The van der Waals surface area contributed by atoms with E-state index in [4.69, 9.17) is 16.0 Å². The van der Waals surface area contributed by atoms with Crippen LogP contribution in [0.3, 0.4) is 0 Å². The van der Waals surface area contributed by atoms with E-state index < -0.39 is 5.54 Å². The van der Waals surface area contributed by atoms with Crippen molar-refractivity contribution in [2.45, 2.75) is 39.4 Å². The molecule has 0 bridgehead atoms. The molecule has 2 amide bonds. The minimum Gasteiger partial charge on any atom is -0.463 e. The number of aromatic nitrogens is 2. The molecule has 1 aliphatic rings. The average Bonchev–Trinajstić information content (AvgIpc) is 3.50. The Bertz CT molecular complexity index is 1410. The predicted octanol–water partition coefficient (Wildman–Crippen LogP) is 5.15. The van der Waals surface area contributed by atoms with Crippen molar-refractivity contribution in [3.05, 3.63) is 94.3 Å². The Morgan fingerprint density at radius 2 is 1.91 bits per heavy atom. The number of benzene rings is 2. The van der Waals surface area contributed by atoms with Gasteiger partial charge in [-0.2, -0.15) is 5.10 Å². The molecule has 0 saturated heterocycles. The van der Waals surface area contributed by atoms with Crippen LogP contribution in [0.1, 0.15) is 34.1 Å². The summed E-state index contributed by atoms with van der Waals surface area (Å²) in [7, 11) is 0. The fraction of sp³-hybridized carbons (Fsp3) is 0.222. The van der Waals surface area contributed by atoms with Gasteiger partial charge in [0, 0.05) is 23.3 Å².